The van der Waals surface area contributed by atoms with Crippen molar-refractivity contribution in [3.8, 4) is 0 Å². The molecule has 0 saturated carbocycles. The number of carbonyl (C=O) groups excluding carboxylic acids is 1. The fourth-order valence-electron chi connectivity index (χ4n) is 2.44. The number of rotatable bonds is 5. The molecule has 0 spiro atoms. The molecule has 0 radical (unpaired) electrons. The van der Waals surface area contributed by atoms with Gasteiger partial charge in [0.25, 0.3) is 0 Å². The van der Waals surface area contributed by atoms with Gasteiger partial charge in [0.1, 0.15) is 6.54 Å². The van der Waals surface area contributed by atoms with Crippen molar-refractivity contribution in [1.82, 2.24) is 0 Å². The fraction of sp³-hybridized carbons (Fsp3) is 0.235. The van der Waals surface area contributed by atoms with Gasteiger partial charge in [-0.05, 0) is 49.2 Å². The molecule has 0 bridgehead atoms. The van der Waals surface area contributed by atoms with Crippen LogP contribution >= 0.6 is 23.2 Å². The lowest BCUT2D eigenvalue weighted by atomic mass is 10.1. The second-order valence-electron chi connectivity index (χ2n) is 5.77. The van der Waals surface area contributed by atoms with E-state index in [4.69, 9.17) is 23.2 Å². The standard InChI is InChI=1S/C17H18Cl2N2O3S/c1-11-7-12(2)9-13(8-11)20-16(22)10-21(25(3,23)24)15-6-4-5-14(18)17(15)19/h4-9H,10H2,1-3H3,(H,20,22). The Balaban J connectivity index is 2.29. The summed E-state index contributed by atoms with van der Waals surface area (Å²) in [5, 5.41) is 3.00. The van der Waals surface area contributed by atoms with Gasteiger partial charge in [0.2, 0.25) is 15.9 Å². The minimum absolute atomic E-state index is 0.0776. The lowest BCUT2D eigenvalue weighted by molar-refractivity contribution is -0.114. The molecule has 134 valence electrons. The van der Waals surface area contributed by atoms with Crippen LogP contribution in [0.15, 0.2) is 36.4 Å². The number of aryl methyl sites for hydroxylation is 2. The largest absolute Gasteiger partial charge is 0.324 e. The van der Waals surface area contributed by atoms with E-state index in [1.54, 1.807) is 12.1 Å². The van der Waals surface area contributed by atoms with Crippen LogP contribution in [0.1, 0.15) is 11.1 Å². The Bertz CT molecular complexity index is 894. The van der Waals surface area contributed by atoms with E-state index in [1.165, 1.54) is 6.07 Å². The summed E-state index contributed by atoms with van der Waals surface area (Å²) in [6.07, 6.45) is 1.01. The summed E-state index contributed by atoms with van der Waals surface area (Å²) < 4.78 is 25.2. The molecule has 2 aromatic rings. The molecule has 0 aliphatic rings. The number of amides is 1. The van der Waals surface area contributed by atoms with Gasteiger partial charge >= 0.3 is 0 Å². The van der Waals surface area contributed by atoms with E-state index in [-0.39, 0.29) is 15.7 Å². The number of carbonyl (C=O) groups is 1. The van der Waals surface area contributed by atoms with Gasteiger partial charge in [0.15, 0.2) is 0 Å². The molecule has 2 rings (SSSR count). The normalized spacial score (nSPS) is 11.2. The van der Waals surface area contributed by atoms with Crippen LogP contribution in [0, 0.1) is 13.8 Å². The third-order valence-corrected chi connectivity index (χ3v) is 5.33. The van der Waals surface area contributed by atoms with Crippen LogP contribution in [0.5, 0.6) is 0 Å². The maximum atomic E-state index is 12.4. The molecular weight excluding hydrogens is 383 g/mol. The number of nitrogens with zero attached hydrogens (tertiary/aromatic N) is 1. The van der Waals surface area contributed by atoms with Gasteiger partial charge in [-0.2, -0.15) is 0 Å². The molecule has 1 amide bonds. The van der Waals surface area contributed by atoms with Crippen molar-refractivity contribution >= 4 is 50.5 Å². The van der Waals surface area contributed by atoms with Crippen LogP contribution in [0.4, 0.5) is 11.4 Å². The van der Waals surface area contributed by atoms with Crippen LogP contribution in [0.25, 0.3) is 0 Å². The number of anilines is 2. The third kappa shape index (κ3) is 5.11. The van der Waals surface area contributed by atoms with E-state index in [0.29, 0.717) is 5.69 Å². The summed E-state index contributed by atoms with van der Waals surface area (Å²) in [6.45, 7) is 3.42. The number of hydrogen-bond donors (Lipinski definition) is 1. The van der Waals surface area contributed by atoms with Crippen LogP contribution in [0.2, 0.25) is 10.0 Å². The van der Waals surface area contributed by atoms with E-state index < -0.39 is 22.5 Å². The Morgan fingerprint density at radius 2 is 1.72 bits per heavy atom. The first-order valence-electron chi connectivity index (χ1n) is 7.38. The van der Waals surface area contributed by atoms with E-state index in [9.17, 15) is 13.2 Å². The highest BCUT2D eigenvalue weighted by atomic mass is 35.5. The smallest absolute Gasteiger partial charge is 0.245 e. The fourth-order valence-corrected chi connectivity index (χ4v) is 3.75. The Labute approximate surface area is 157 Å². The first kappa shape index (κ1) is 19.6. The van der Waals surface area contributed by atoms with Crippen molar-refractivity contribution in [3.05, 3.63) is 57.6 Å². The first-order valence-corrected chi connectivity index (χ1v) is 9.98. The van der Waals surface area contributed by atoms with Crippen LogP contribution in [0.3, 0.4) is 0 Å². The minimum atomic E-state index is -3.73. The van der Waals surface area contributed by atoms with E-state index in [0.717, 1.165) is 21.7 Å². The molecule has 0 aliphatic heterocycles. The number of benzene rings is 2. The predicted octanol–water partition coefficient (Wildman–Crippen LogP) is 4.01. The molecule has 0 heterocycles. The van der Waals surface area contributed by atoms with Gasteiger partial charge in [-0.25, -0.2) is 8.42 Å². The molecule has 5 nitrogen and oxygen atoms in total. The maximum Gasteiger partial charge on any atom is 0.245 e. The molecule has 0 saturated heterocycles. The Kier molecular flexibility index (Phi) is 5.98. The highest BCUT2D eigenvalue weighted by Gasteiger charge is 2.24. The van der Waals surface area contributed by atoms with E-state index >= 15 is 0 Å². The summed E-state index contributed by atoms with van der Waals surface area (Å²) in [5.74, 6) is -0.480. The highest BCUT2D eigenvalue weighted by Crippen LogP contribution is 2.33. The van der Waals surface area contributed by atoms with Gasteiger partial charge in [0, 0.05) is 5.69 Å². The van der Waals surface area contributed by atoms with Gasteiger partial charge in [-0.1, -0.05) is 35.3 Å². The SMILES string of the molecule is Cc1cc(C)cc(NC(=O)CN(c2cccc(Cl)c2Cl)S(C)(=O)=O)c1. The average molecular weight is 401 g/mol. The molecule has 0 aliphatic carbocycles. The maximum absolute atomic E-state index is 12.4. The molecular formula is C17H18Cl2N2O3S. The van der Waals surface area contributed by atoms with Gasteiger partial charge in [-0.15, -0.1) is 0 Å². The molecule has 2 aromatic carbocycles. The molecule has 8 heteroatoms. The summed E-state index contributed by atoms with van der Waals surface area (Å²) in [4.78, 5) is 12.4. The van der Waals surface area contributed by atoms with Crippen molar-refractivity contribution in [2.45, 2.75) is 13.8 Å². The Morgan fingerprint density at radius 1 is 1.12 bits per heavy atom. The van der Waals surface area contributed by atoms with Crippen molar-refractivity contribution in [2.75, 3.05) is 22.4 Å². The zero-order valence-electron chi connectivity index (χ0n) is 14.0. The molecule has 1 N–H and O–H groups in total. The average Bonchev–Trinajstić information content (AvgIpc) is 2.46. The van der Waals surface area contributed by atoms with Gasteiger partial charge in [-0.3, -0.25) is 9.10 Å². The van der Waals surface area contributed by atoms with Crippen molar-refractivity contribution < 1.29 is 13.2 Å². The second-order valence-corrected chi connectivity index (χ2v) is 8.46. The Morgan fingerprint density at radius 3 is 2.28 bits per heavy atom. The highest BCUT2D eigenvalue weighted by molar-refractivity contribution is 7.92. The summed E-state index contributed by atoms with van der Waals surface area (Å²) >= 11 is 12.1. The van der Waals surface area contributed by atoms with Gasteiger partial charge < -0.3 is 5.32 Å². The zero-order valence-corrected chi connectivity index (χ0v) is 16.3. The Hall–Kier alpha value is -1.76. The molecule has 0 unspecified atom stereocenters. The summed E-state index contributed by atoms with van der Waals surface area (Å²) in [5.41, 5.74) is 2.75. The number of sulfonamides is 1. The van der Waals surface area contributed by atoms with Crippen LogP contribution in [-0.2, 0) is 14.8 Å². The lowest BCUT2D eigenvalue weighted by Crippen LogP contribution is -2.37. The molecule has 0 aromatic heterocycles. The number of halogens is 2. The monoisotopic (exact) mass is 400 g/mol. The summed E-state index contributed by atoms with van der Waals surface area (Å²) in [6, 6.07) is 10.2. The molecule has 0 atom stereocenters. The second kappa shape index (κ2) is 7.64. The third-order valence-electron chi connectivity index (χ3n) is 3.39. The van der Waals surface area contributed by atoms with Crippen LogP contribution < -0.4 is 9.62 Å². The van der Waals surface area contributed by atoms with E-state index in [1.807, 2.05) is 32.0 Å². The van der Waals surface area contributed by atoms with Gasteiger partial charge in [0.05, 0.1) is 22.0 Å². The van der Waals surface area contributed by atoms with Crippen LogP contribution in [-0.4, -0.2) is 27.1 Å². The topological polar surface area (TPSA) is 66.5 Å². The lowest BCUT2D eigenvalue weighted by Gasteiger charge is -2.23. The quantitative estimate of drug-likeness (QED) is 0.823. The van der Waals surface area contributed by atoms with Crippen molar-refractivity contribution in [1.29, 1.82) is 0 Å². The van der Waals surface area contributed by atoms with Crippen molar-refractivity contribution in [3.63, 3.8) is 0 Å². The van der Waals surface area contributed by atoms with Crippen molar-refractivity contribution in [2.24, 2.45) is 0 Å². The van der Waals surface area contributed by atoms with E-state index in [2.05, 4.69) is 5.32 Å². The molecule has 0 fully saturated rings. The minimum Gasteiger partial charge on any atom is -0.324 e. The zero-order chi connectivity index (χ0) is 18.8. The predicted molar refractivity (Wildman–Crippen MR) is 103 cm³/mol. The number of nitrogens with one attached hydrogen (secondary N) is 1. The molecule has 25 heavy (non-hydrogen) atoms. The number of hydrogen-bond acceptors (Lipinski definition) is 3. The first-order chi connectivity index (χ1) is 11.6. The summed E-state index contributed by atoms with van der Waals surface area (Å²) in [7, 11) is -3.73.